The van der Waals surface area contributed by atoms with E-state index in [9.17, 15) is 19.8 Å². The summed E-state index contributed by atoms with van der Waals surface area (Å²) in [6.07, 6.45) is 2.99. The van der Waals surface area contributed by atoms with Crippen LogP contribution in [0.1, 0.15) is 79.8 Å². The Bertz CT molecular complexity index is 1840. The Kier molecular flexibility index (Phi) is 16.6. The fourth-order valence-corrected chi connectivity index (χ4v) is 6.87. The molecule has 0 saturated carbocycles. The number of amides is 1. The van der Waals surface area contributed by atoms with Crippen LogP contribution in [0, 0.1) is 27.7 Å². The van der Waals surface area contributed by atoms with Gasteiger partial charge in [0.25, 0.3) is 5.91 Å². The standard InChI is InChI=1S/C23H30N2O3.C16H16O3.C7H16N2O/c1-17-13-20(22(26)24-16-23(27)9-11-25(3)12-10-23)14-18(2)21(17)28-15-19-7-5-4-6-8-19;1-11-8-14(16(17)18)9-12(2)15(11)19-10-13-6-4-3-5-7-13;1-9-4-2-7(10,6-8)3-5-9/h4-8,13-14,27H,9-12,15-16H2,1-3H3,(H,24,26);3-9H,10H2,1-2H3,(H,17,18);10H,2-6,8H2,1H3. The van der Waals surface area contributed by atoms with Gasteiger partial charge in [-0.2, -0.15) is 0 Å². The number of carboxylic acids is 1. The summed E-state index contributed by atoms with van der Waals surface area (Å²) in [4.78, 5) is 28.0. The molecular weight excluding hydrogens is 721 g/mol. The summed E-state index contributed by atoms with van der Waals surface area (Å²) < 4.78 is 11.8. The van der Waals surface area contributed by atoms with Crippen LogP contribution >= 0.6 is 0 Å². The van der Waals surface area contributed by atoms with Gasteiger partial charge in [-0.05, 0) is 125 Å². The molecule has 0 bridgehead atoms. The van der Waals surface area contributed by atoms with Crippen molar-refractivity contribution < 1.29 is 34.4 Å². The van der Waals surface area contributed by atoms with E-state index in [0.29, 0.717) is 43.7 Å². The van der Waals surface area contributed by atoms with Gasteiger partial charge in [-0.15, -0.1) is 0 Å². The Balaban J connectivity index is 0.000000213. The highest BCUT2D eigenvalue weighted by Crippen LogP contribution is 2.28. The second-order valence-corrected chi connectivity index (χ2v) is 15.7. The first kappa shape index (κ1) is 44.9. The summed E-state index contributed by atoms with van der Waals surface area (Å²) in [6, 6.07) is 26.9. The predicted molar refractivity (Wildman–Crippen MR) is 225 cm³/mol. The SMILES string of the molecule is CN1CCC(O)(CN)CC1.Cc1cc(C(=O)NCC2(O)CCN(C)CC2)cc(C)c1OCc1ccccc1.Cc1cc(C(=O)O)cc(C)c1OCc1ccccc1. The number of nitrogens with zero attached hydrogens (tertiary/aromatic N) is 2. The summed E-state index contributed by atoms with van der Waals surface area (Å²) in [6.45, 7) is 12.9. The minimum Gasteiger partial charge on any atom is -0.488 e. The molecule has 57 heavy (non-hydrogen) atoms. The maximum Gasteiger partial charge on any atom is 0.335 e. The number of rotatable bonds is 11. The number of hydrogen-bond donors (Lipinski definition) is 5. The van der Waals surface area contributed by atoms with E-state index >= 15 is 0 Å². The van der Waals surface area contributed by atoms with Crippen molar-refractivity contribution in [3.8, 4) is 11.5 Å². The van der Waals surface area contributed by atoms with Crippen molar-refractivity contribution in [2.45, 2.75) is 77.8 Å². The number of benzene rings is 4. The van der Waals surface area contributed by atoms with Crippen LogP contribution in [0.4, 0.5) is 0 Å². The van der Waals surface area contributed by atoms with Gasteiger partial charge in [0, 0.05) is 44.8 Å². The molecule has 0 spiro atoms. The van der Waals surface area contributed by atoms with Crippen LogP contribution < -0.4 is 20.5 Å². The van der Waals surface area contributed by atoms with Gasteiger partial charge in [0.15, 0.2) is 0 Å². The summed E-state index contributed by atoms with van der Waals surface area (Å²) in [5.74, 6) is 0.497. The molecule has 11 heteroatoms. The quantitative estimate of drug-likeness (QED) is 0.121. The smallest absolute Gasteiger partial charge is 0.335 e. The number of aromatic carboxylic acids is 1. The zero-order valence-electron chi connectivity index (χ0n) is 34.5. The van der Waals surface area contributed by atoms with E-state index < -0.39 is 17.2 Å². The fourth-order valence-electron chi connectivity index (χ4n) is 6.87. The number of piperidine rings is 2. The highest BCUT2D eigenvalue weighted by atomic mass is 16.5. The van der Waals surface area contributed by atoms with Crippen molar-refractivity contribution in [1.82, 2.24) is 15.1 Å². The van der Waals surface area contributed by atoms with Gasteiger partial charge in [-0.1, -0.05) is 60.7 Å². The maximum absolute atomic E-state index is 12.6. The van der Waals surface area contributed by atoms with Crippen LogP contribution in [-0.4, -0.2) is 102 Å². The van der Waals surface area contributed by atoms with Crippen LogP contribution in [0.5, 0.6) is 11.5 Å². The largest absolute Gasteiger partial charge is 0.488 e. The molecule has 2 aliphatic heterocycles. The van der Waals surface area contributed by atoms with E-state index in [1.54, 1.807) is 12.1 Å². The Hall–Kier alpha value is -4.78. The van der Waals surface area contributed by atoms with Crippen LogP contribution in [0.25, 0.3) is 0 Å². The first-order valence-corrected chi connectivity index (χ1v) is 19.7. The molecule has 2 aliphatic rings. The topological polar surface area (TPSA) is 158 Å². The third-order valence-electron chi connectivity index (χ3n) is 10.7. The van der Waals surface area contributed by atoms with Crippen LogP contribution in [0.3, 0.4) is 0 Å². The lowest BCUT2D eigenvalue weighted by atomic mass is 9.91. The number of nitrogens with two attached hydrogens (primary N) is 1. The van der Waals surface area contributed by atoms with Crippen LogP contribution in [0.2, 0.25) is 0 Å². The molecule has 11 nitrogen and oxygen atoms in total. The van der Waals surface area contributed by atoms with Crippen molar-refractivity contribution in [3.63, 3.8) is 0 Å². The Morgan fingerprint density at radius 1 is 0.649 bits per heavy atom. The second kappa shape index (κ2) is 21.1. The Morgan fingerprint density at radius 3 is 1.39 bits per heavy atom. The van der Waals surface area contributed by atoms with E-state index in [1.807, 2.05) is 108 Å². The number of ether oxygens (including phenoxy) is 2. The van der Waals surface area contributed by atoms with Gasteiger partial charge in [0.05, 0.1) is 16.8 Å². The van der Waals surface area contributed by atoms with E-state index in [4.69, 9.17) is 20.3 Å². The Morgan fingerprint density at radius 2 is 1.02 bits per heavy atom. The summed E-state index contributed by atoms with van der Waals surface area (Å²) >= 11 is 0. The second-order valence-electron chi connectivity index (χ2n) is 15.7. The van der Waals surface area contributed by atoms with E-state index in [2.05, 4.69) is 22.2 Å². The van der Waals surface area contributed by atoms with Crippen molar-refractivity contribution in [3.05, 3.63) is 129 Å². The van der Waals surface area contributed by atoms with Gasteiger partial charge >= 0.3 is 5.97 Å². The molecular formula is C46H62N4O7. The summed E-state index contributed by atoms with van der Waals surface area (Å²) in [5, 5.41) is 32.2. The number of aliphatic hydroxyl groups is 2. The predicted octanol–water partition coefficient (Wildman–Crippen LogP) is 6.05. The summed E-state index contributed by atoms with van der Waals surface area (Å²) in [7, 11) is 4.11. The number of carboxylic acid groups (broad SMARTS) is 1. The molecule has 4 aromatic rings. The molecule has 2 saturated heterocycles. The minimum atomic E-state index is -0.916. The van der Waals surface area contributed by atoms with E-state index in [-0.39, 0.29) is 12.5 Å². The van der Waals surface area contributed by atoms with Gasteiger partial charge in [0.2, 0.25) is 0 Å². The summed E-state index contributed by atoms with van der Waals surface area (Å²) in [5.41, 5.74) is 10.7. The molecule has 0 aromatic heterocycles. The zero-order valence-corrected chi connectivity index (χ0v) is 34.5. The first-order chi connectivity index (χ1) is 27.1. The molecule has 6 N–H and O–H groups in total. The monoisotopic (exact) mass is 782 g/mol. The fraction of sp³-hybridized carbons (Fsp3) is 0.435. The molecule has 2 fully saturated rings. The average molecular weight is 783 g/mol. The molecule has 6 rings (SSSR count). The normalized spacial score (nSPS) is 16.2. The van der Waals surface area contributed by atoms with Gasteiger partial charge in [0.1, 0.15) is 24.7 Å². The number of nitrogens with one attached hydrogen (secondary N) is 1. The van der Waals surface area contributed by atoms with Crippen molar-refractivity contribution in [2.75, 3.05) is 53.4 Å². The average Bonchev–Trinajstić information content (AvgIpc) is 3.20. The number of carbonyl (C=O) groups is 2. The molecule has 0 radical (unpaired) electrons. The molecule has 2 heterocycles. The van der Waals surface area contributed by atoms with Crippen molar-refractivity contribution in [1.29, 1.82) is 0 Å². The zero-order chi connectivity index (χ0) is 41.6. The highest BCUT2D eigenvalue weighted by Gasteiger charge is 2.32. The minimum absolute atomic E-state index is 0.159. The van der Waals surface area contributed by atoms with Gasteiger partial charge in [-0.3, -0.25) is 4.79 Å². The van der Waals surface area contributed by atoms with Crippen LogP contribution in [-0.2, 0) is 13.2 Å². The molecule has 4 aromatic carbocycles. The third kappa shape index (κ3) is 14.0. The number of carbonyl (C=O) groups excluding carboxylic acids is 1. The molecule has 308 valence electrons. The van der Waals surface area contributed by atoms with E-state index in [1.165, 1.54) is 0 Å². The van der Waals surface area contributed by atoms with Crippen molar-refractivity contribution >= 4 is 11.9 Å². The maximum atomic E-state index is 12.6. The number of aryl methyl sites for hydroxylation is 4. The first-order valence-electron chi connectivity index (χ1n) is 19.7. The lowest BCUT2D eigenvalue weighted by molar-refractivity contribution is -0.0135. The van der Waals surface area contributed by atoms with Gasteiger partial charge in [-0.25, -0.2) is 4.79 Å². The molecule has 0 atom stereocenters. The lowest BCUT2D eigenvalue weighted by Crippen LogP contribution is -2.50. The van der Waals surface area contributed by atoms with Crippen LogP contribution in [0.15, 0.2) is 84.9 Å². The number of likely N-dealkylation sites (tertiary alicyclic amines) is 2. The molecule has 1 amide bonds. The van der Waals surface area contributed by atoms with Gasteiger partial charge < -0.3 is 45.6 Å². The highest BCUT2D eigenvalue weighted by molar-refractivity contribution is 5.95. The van der Waals surface area contributed by atoms with E-state index in [0.717, 1.165) is 83.9 Å². The number of hydrogen-bond acceptors (Lipinski definition) is 9. The van der Waals surface area contributed by atoms with Crippen molar-refractivity contribution in [2.24, 2.45) is 5.73 Å². The molecule has 0 unspecified atom stereocenters. The third-order valence-corrected chi connectivity index (χ3v) is 10.7. The Labute approximate surface area is 338 Å². The lowest BCUT2D eigenvalue weighted by Gasteiger charge is -2.36. The molecule has 0 aliphatic carbocycles.